The summed E-state index contributed by atoms with van der Waals surface area (Å²) in [5.41, 5.74) is 1.21. The fourth-order valence-electron chi connectivity index (χ4n) is 3.24. The number of nitrogens with zero attached hydrogens (tertiary/aromatic N) is 1. The van der Waals surface area contributed by atoms with Crippen molar-refractivity contribution < 1.29 is 27.5 Å². The van der Waals surface area contributed by atoms with E-state index in [1.807, 2.05) is 0 Å². The maximum Gasteiger partial charge on any atom is 0.338 e. The Balaban J connectivity index is 1.63. The zero-order valence-corrected chi connectivity index (χ0v) is 18.4. The first kappa shape index (κ1) is 22.9. The molecule has 0 aromatic heterocycles. The van der Waals surface area contributed by atoms with E-state index in [9.17, 15) is 18.0 Å². The van der Waals surface area contributed by atoms with Crippen LogP contribution in [0.1, 0.15) is 40.5 Å². The van der Waals surface area contributed by atoms with Crippen LogP contribution in [-0.4, -0.2) is 57.5 Å². The number of hydrogen-bond acceptors (Lipinski definition) is 6. The molecule has 1 amide bonds. The van der Waals surface area contributed by atoms with Crippen molar-refractivity contribution in [2.75, 3.05) is 32.1 Å². The van der Waals surface area contributed by atoms with Crippen LogP contribution in [0.4, 0.5) is 5.69 Å². The van der Waals surface area contributed by atoms with Gasteiger partial charge in [0.1, 0.15) is 0 Å². The second-order valence-corrected chi connectivity index (χ2v) is 9.24. The average molecular weight is 447 g/mol. The predicted octanol–water partition coefficient (Wildman–Crippen LogP) is 2.92. The molecule has 1 aliphatic rings. The summed E-state index contributed by atoms with van der Waals surface area (Å²) in [6.07, 6.45) is 1.70. The van der Waals surface area contributed by atoms with Gasteiger partial charge in [0.25, 0.3) is 5.91 Å². The smallest absolute Gasteiger partial charge is 0.338 e. The van der Waals surface area contributed by atoms with Crippen LogP contribution in [-0.2, 0) is 19.5 Å². The number of rotatable bonds is 8. The Morgan fingerprint density at radius 2 is 1.74 bits per heavy atom. The highest BCUT2D eigenvalue weighted by molar-refractivity contribution is 7.89. The van der Waals surface area contributed by atoms with Crippen LogP contribution in [0.2, 0.25) is 0 Å². The maximum atomic E-state index is 12.8. The van der Waals surface area contributed by atoms with E-state index in [0.29, 0.717) is 30.0 Å². The summed E-state index contributed by atoms with van der Waals surface area (Å²) in [5, 5.41) is 2.72. The molecule has 0 saturated carbocycles. The molecule has 1 fully saturated rings. The highest BCUT2D eigenvalue weighted by Gasteiger charge is 2.26. The first-order valence-electron chi connectivity index (χ1n) is 10.1. The molecule has 31 heavy (non-hydrogen) atoms. The van der Waals surface area contributed by atoms with Gasteiger partial charge in [-0.05, 0) is 68.3 Å². The van der Waals surface area contributed by atoms with Gasteiger partial charge in [-0.3, -0.25) is 4.79 Å². The standard InChI is InChI=1S/C22H26N2O6S/c1-3-29-22(26)17-6-10-18(11-7-17)23-21(25)16-8-12-20(13-9-16)31(27,28)24(2)15-19-5-4-14-30-19/h6-13,19H,3-5,14-15H2,1-2H3,(H,23,25). The number of nitrogens with one attached hydrogen (secondary N) is 1. The normalized spacial score (nSPS) is 16.3. The van der Waals surface area contributed by atoms with Crippen molar-refractivity contribution in [3.8, 4) is 0 Å². The number of anilines is 1. The van der Waals surface area contributed by atoms with E-state index in [2.05, 4.69) is 5.32 Å². The summed E-state index contributed by atoms with van der Waals surface area (Å²) in [7, 11) is -2.14. The summed E-state index contributed by atoms with van der Waals surface area (Å²) in [6, 6.07) is 12.1. The Bertz CT molecular complexity index is 1010. The van der Waals surface area contributed by atoms with Crippen molar-refractivity contribution >= 4 is 27.6 Å². The molecule has 0 radical (unpaired) electrons. The molecule has 3 rings (SSSR count). The topological polar surface area (TPSA) is 102 Å². The van der Waals surface area contributed by atoms with Gasteiger partial charge >= 0.3 is 5.97 Å². The van der Waals surface area contributed by atoms with Crippen molar-refractivity contribution in [3.63, 3.8) is 0 Å². The quantitative estimate of drug-likeness (QED) is 0.626. The van der Waals surface area contributed by atoms with Gasteiger partial charge in [0.05, 0.1) is 23.2 Å². The Hall–Kier alpha value is -2.75. The minimum Gasteiger partial charge on any atom is -0.462 e. The Labute approximate surface area is 182 Å². The number of carbonyl (C=O) groups excluding carboxylic acids is 2. The van der Waals surface area contributed by atoms with Gasteiger partial charge in [0.2, 0.25) is 10.0 Å². The first-order valence-corrected chi connectivity index (χ1v) is 11.5. The van der Waals surface area contributed by atoms with Gasteiger partial charge in [-0.1, -0.05) is 0 Å². The number of hydrogen-bond donors (Lipinski definition) is 1. The van der Waals surface area contributed by atoms with Gasteiger partial charge in [0, 0.05) is 31.5 Å². The molecule has 2 aromatic carbocycles. The molecular formula is C22H26N2O6S. The van der Waals surface area contributed by atoms with Crippen molar-refractivity contribution in [1.82, 2.24) is 4.31 Å². The largest absolute Gasteiger partial charge is 0.462 e. The molecule has 0 bridgehead atoms. The highest BCUT2D eigenvalue weighted by atomic mass is 32.2. The molecule has 1 unspecified atom stereocenters. The average Bonchev–Trinajstić information content (AvgIpc) is 3.27. The van der Waals surface area contributed by atoms with Crippen LogP contribution in [0.5, 0.6) is 0 Å². The van der Waals surface area contributed by atoms with E-state index < -0.39 is 16.0 Å². The van der Waals surface area contributed by atoms with E-state index >= 15 is 0 Å². The summed E-state index contributed by atoms with van der Waals surface area (Å²) in [6.45, 7) is 2.97. The van der Waals surface area contributed by atoms with Crippen molar-refractivity contribution in [3.05, 3.63) is 59.7 Å². The Morgan fingerprint density at radius 1 is 1.10 bits per heavy atom. The third kappa shape index (κ3) is 5.69. The fraction of sp³-hybridized carbons (Fsp3) is 0.364. The van der Waals surface area contributed by atoms with Crippen LogP contribution < -0.4 is 5.32 Å². The molecule has 8 nitrogen and oxygen atoms in total. The number of esters is 1. The summed E-state index contributed by atoms with van der Waals surface area (Å²) >= 11 is 0. The van der Waals surface area contributed by atoms with Gasteiger partial charge in [-0.15, -0.1) is 0 Å². The lowest BCUT2D eigenvalue weighted by Crippen LogP contribution is -2.34. The summed E-state index contributed by atoms with van der Waals surface area (Å²) in [5.74, 6) is -0.817. The van der Waals surface area contributed by atoms with Gasteiger partial charge in [-0.25, -0.2) is 13.2 Å². The summed E-state index contributed by atoms with van der Waals surface area (Å²) in [4.78, 5) is 24.3. The number of amides is 1. The Morgan fingerprint density at radius 3 is 2.32 bits per heavy atom. The maximum absolute atomic E-state index is 12.8. The molecule has 0 spiro atoms. The van der Waals surface area contributed by atoms with Gasteiger partial charge < -0.3 is 14.8 Å². The second-order valence-electron chi connectivity index (χ2n) is 7.20. The number of carbonyl (C=O) groups is 2. The highest BCUT2D eigenvalue weighted by Crippen LogP contribution is 2.20. The van der Waals surface area contributed by atoms with Crippen LogP contribution in [0.3, 0.4) is 0 Å². The molecule has 1 atom stereocenters. The zero-order valence-electron chi connectivity index (χ0n) is 17.5. The first-order chi connectivity index (χ1) is 14.8. The lowest BCUT2D eigenvalue weighted by atomic mass is 10.2. The van der Waals surface area contributed by atoms with Crippen LogP contribution in [0, 0.1) is 0 Å². The minimum absolute atomic E-state index is 0.0833. The van der Waals surface area contributed by atoms with E-state index in [0.717, 1.165) is 12.8 Å². The van der Waals surface area contributed by atoms with Gasteiger partial charge in [0.15, 0.2) is 0 Å². The zero-order chi connectivity index (χ0) is 22.4. The van der Waals surface area contributed by atoms with Crippen molar-refractivity contribution in [2.24, 2.45) is 0 Å². The number of ether oxygens (including phenoxy) is 2. The molecule has 1 heterocycles. The molecule has 1 N–H and O–H groups in total. The summed E-state index contributed by atoms with van der Waals surface area (Å²) < 4.78 is 37.2. The molecule has 1 saturated heterocycles. The molecule has 166 valence electrons. The minimum atomic E-state index is -3.67. The van der Waals surface area contributed by atoms with E-state index in [1.165, 1.54) is 35.6 Å². The number of likely N-dealkylation sites (N-methyl/N-ethyl adjacent to an activating group) is 1. The van der Waals surface area contributed by atoms with Crippen LogP contribution in [0.15, 0.2) is 53.4 Å². The fourth-order valence-corrected chi connectivity index (χ4v) is 4.44. The third-order valence-corrected chi connectivity index (χ3v) is 6.80. The van der Waals surface area contributed by atoms with E-state index in [-0.39, 0.29) is 23.5 Å². The van der Waals surface area contributed by atoms with Crippen molar-refractivity contribution in [1.29, 1.82) is 0 Å². The molecule has 1 aliphatic heterocycles. The van der Waals surface area contributed by atoms with E-state index in [4.69, 9.17) is 9.47 Å². The number of benzene rings is 2. The molecule has 2 aromatic rings. The van der Waals surface area contributed by atoms with Crippen molar-refractivity contribution in [2.45, 2.75) is 30.8 Å². The Kier molecular flexibility index (Phi) is 7.42. The SMILES string of the molecule is CCOC(=O)c1ccc(NC(=O)c2ccc(S(=O)(=O)N(C)CC3CCCO3)cc2)cc1. The molecular weight excluding hydrogens is 420 g/mol. The lowest BCUT2D eigenvalue weighted by Gasteiger charge is -2.20. The predicted molar refractivity (Wildman–Crippen MR) is 116 cm³/mol. The monoisotopic (exact) mass is 446 g/mol. The molecule has 0 aliphatic carbocycles. The number of sulfonamides is 1. The molecule has 9 heteroatoms. The van der Waals surface area contributed by atoms with Gasteiger partial charge in [-0.2, -0.15) is 4.31 Å². The second kappa shape index (κ2) is 10.0. The van der Waals surface area contributed by atoms with Crippen LogP contribution >= 0.6 is 0 Å². The van der Waals surface area contributed by atoms with E-state index in [1.54, 1.807) is 31.2 Å². The third-order valence-electron chi connectivity index (χ3n) is 4.96. The van der Waals surface area contributed by atoms with Crippen LogP contribution in [0.25, 0.3) is 0 Å². The lowest BCUT2D eigenvalue weighted by molar-refractivity contribution is 0.0526.